The normalized spacial score (nSPS) is 17.8. The number of nitrogens with zero attached hydrogens (tertiary/aromatic N) is 4. The Kier molecular flexibility index (Phi) is 6.26. The highest BCUT2D eigenvalue weighted by molar-refractivity contribution is 5.60. The third kappa shape index (κ3) is 4.61. The van der Waals surface area contributed by atoms with Crippen molar-refractivity contribution in [3.05, 3.63) is 24.3 Å². The highest BCUT2D eigenvalue weighted by Crippen LogP contribution is 2.32. The number of anilines is 1. The zero-order valence-electron chi connectivity index (χ0n) is 13.9. The zero-order valence-corrected chi connectivity index (χ0v) is 13.9. The minimum Gasteiger partial charge on any atom is -0.485 e. The summed E-state index contributed by atoms with van der Waals surface area (Å²) >= 11 is 0. The summed E-state index contributed by atoms with van der Waals surface area (Å²) in [7, 11) is 2.01. The van der Waals surface area contributed by atoms with Crippen LogP contribution in [0.4, 0.5) is 5.69 Å². The molecule has 1 aliphatic rings. The molecule has 23 heavy (non-hydrogen) atoms. The first-order valence-electron chi connectivity index (χ1n) is 8.13. The number of rotatable bonds is 7. The lowest BCUT2D eigenvalue weighted by molar-refractivity contribution is 0.137. The lowest BCUT2D eigenvalue weighted by Crippen LogP contribution is -2.46. The number of hydrogen-bond donors (Lipinski definition) is 0. The fraction of sp³-hybridized carbons (Fsp3) is 0.556. The Hall–Kier alpha value is -2.24. The van der Waals surface area contributed by atoms with Crippen LogP contribution < -0.4 is 9.64 Å². The van der Waals surface area contributed by atoms with Crippen molar-refractivity contribution < 1.29 is 4.74 Å². The molecule has 0 saturated carbocycles. The van der Waals surface area contributed by atoms with E-state index in [1.54, 1.807) is 0 Å². The van der Waals surface area contributed by atoms with Crippen LogP contribution in [0.5, 0.6) is 5.75 Å². The number of fused-ring (bicyclic) bond motifs is 1. The first-order chi connectivity index (χ1) is 11.2. The fourth-order valence-electron chi connectivity index (χ4n) is 3.01. The van der Waals surface area contributed by atoms with Gasteiger partial charge in [0.25, 0.3) is 0 Å². The molecule has 0 fully saturated rings. The molecule has 1 heterocycles. The Bertz CT molecular complexity index is 589. The maximum Gasteiger partial charge on any atom is 0.143 e. The van der Waals surface area contributed by atoms with Crippen molar-refractivity contribution >= 4 is 5.69 Å². The summed E-state index contributed by atoms with van der Waals surface area (Å²) in [6.45, 7) is 5.40. The Morgan fingerprint density at radius 2 is 2.17 bits per heavy atom. The second-order valence-electron chi connectivity index (χ2n) is 5.99. The summed E-state index contributed by atoms with van der Waals surface area (Å²) < 4.78 is 6.11. The van der Waals surface area contributed by atoms with E-state index < -0.39 is 0 Å². The third-order valence-electron chi connectivity index (χ3n) is 4.14. The van der Waals surface area contributed by atoms with Crippen LogP contribution in [0.3, 0.4) is 0 Å². The molecule has 0 spiro atoms. The number of para-hydroxylation sites is 2. The molecule has 0 amide bonds. The van der Waals surface area contributed by atoms with Crippen LogP contribution in [0.15, 0.2) is 24.3 Å². The minimum absolute atomic E-state index is 0.0881. The van der Waals surface area contributed by atoms with E-state index in [-0.39, 0.29) is 12.0 Å². The lowest BCUT2D eigenvalue weighted by Gasteiger charge is -2.37. The number of benzene rings is 1. The highest BCUT2D eigenvalue weighted by Gasteiger charge is 2.26. The molecule has 1 aromatic carbocycles. The van der Waals surface area contributed by atoms with E-state index in [0.717, 1.165) is 31.1 Å². The molecule has 2 rings (SSSR count). The van der Waals surface area contributed by atoms with Gasteiger partial charge in [-0.2, -0.15) is 10.5 Å². The number of ether oxygens (including phenoxy) is 1. The molecule has 0 aromatic heterocycles. The molecule has 0 N–H and O–H groups in total. The van der Waals surface area contributed by atoms with Gasteiger partial charge in [0.1, 0.15) is 11.9 Å². The van der Waals surface area contributed by atoms with Gasteiger partial charge in [0.05, 0.1) is 30.3 Å². The first-order valence-corrected chi connectivity index (χ1v) is 8.13. The second-order valence-corrected chi connectivity index (χ2v) is 5.99. The molecule has 0 unspecified atom stereocenters. The molecule has 5 nitrogen and oxygen atoms in total. The highest BCUT2D eigenvalue weighted by atomic mass is 16.5. The van der Waals surface area contributed by atoms with Gasteiger partial charge in [-0.15, -0.1) is 0 Å². The molecule has 0 bridgehead atoms. The Morgan fingerprint density at radius 1 is 1.39 bits per heavy atom. The van der Waals surface area contributed by atoms with Crippen LogP contribution >= 0.6 is 0 Å². The topological polar surface area (TPSA) is 63.3 Å². The zero-order chi connectivity index (χ0) is 16.7. The molecule has 0 aliphatic carbocycles. The van der Waals surface area contributed by atoms with E-state index in [9.17, 15) is 5.26 Å². The van der Waals surface area contributed by atoms with Gasteiger partial charge in [-0.05, 0) is 32.5 Å². The van der Waals surface area contributed by atoms with Gasteiger partial charge < -0.3 is 14.5 Å². The predicted molar refractivity (Wildman–Crippen MR) is 90.2 cm³/mol. The van der Waals surface area contributed by atoms with Crippen LogP contribution in [0, 0.1) is 28.6 Å². The van der Waals surface area contributed by atoms with Crippen molar-refractivity contribution in [3.63, 3.8) is 0 Å². The fourth-order valence-corrected chi connectivity index (χ4v) is 3.01. The molecule has 1 aliphatic heterocycles. The van der Waals surface area contributed by atoms with Crippen molar-refractivity contribution in [2.45, 2.75) is 25.9 Å². The number of hydrogen-bond acceptors (Lipinski definition) is 5. The maximum atomic E-state index is 9.19. The van der Waals surface area contributed by atoms with E-state index in [2.05, 4.69) is 34.9 Å². The van der Waals surface area contributed by atoms with E-state index in [4.69, 9.17) is 10.00 Å². The van der Waals surface area contributed by atoms with Crippen molar-refractivity contribution in [1.29, 1.82) is 10.5 Å². The Morgan fingerprint density at radius 3 is 2.87 bits per heavy atom. The summed E-state index contributed by atoms with van der Waals surface area (Å²) in [5.74, 6) is 0.832. The molecule has 122 valence electrons. The molecule has 2 atom stereocenters. The van der Waals surface area contributed by atoms with Gasteiger partial charge in [0.2, 0.25) is 0 Å². The van der Waals surface area contributed by atoms with E-state index in [0.29, 0.717) is 19.4 Å². The summed E-state index contributed by atoms with van der Waals surface area (Å²) in [5.41, 5.74) is 1.15. The smallest absolute Gasteiger partial charge is 0.143 e. The monoisotopic (exact) mass is 312 g/mol. The van der Waals surface area contributed by atoms with E-state index in [1.165, 1.54) is 0 Å². The Labute approximate surface area is 138 Å². The Balaban J connectivity index is 1.93. The van der Waals surface area contributed by atoms with Gasteiger partial charge in [-0.3, -0.25) is 0 Å². The molecular weight excluding hydrogens is 288 g/mol. The predicted octanol–water partition coefficient (Wildman–Crippen LogP) is 2.65. The van der Waals surface area contributed by atoms with Crippen LogP contribution in [0.2, 0.25) is 0 Å². The molecule has 0 saturated heterocycles. The van der Waals surface area contributed by atoms with Crippen LogP contribution in [0.1, 0.15) is 19.8 Å². The standard InChI is InChI=1S/C18H24N4O/c1-3-22-14-16(23-18-9-5-4-8-17(18)22)13-21(2)12-15(11-20)7-6-10-19/h4-5,8-9,15-16H,3,6-7,12-14H2,1-2H3/t15-,16+/m1/s1. The van der Waals surface area contributed by atoms with Gasteiger partial charge in [-0.1, -0.05) is 12.1 Å². The van der Waals surface area contributed by atoms with Crippen LogP contribution in [0.25, 0.3) is 0 Å². The third-order valence-corrected chi connectivity index (χ3v) is 4.14. The average Bonchev–Trinajstić information content (AvgIpc) is 2.57. The molecule has 1 aromatic rings. The van der Waals surface area contributed by atoms with E-state index >= 15 is 0 Å². The summed E-state index contributed by atoms with van der Waals surface area (Å²) in [6.07, 6.45) is 1.15. The second kappa shape index (κ2) is 8.41. The summed E-state index contributed by atoms with van der Waals surface area (Å²) in [5, 5.41) is 17.8. The molecular formula is C18H24N4O. The largest absolute Gasteiger partial charge is 0.485 e. The average molecular weight is 312 g/mol. The van der Waals surface area contributed by atoms with Crippen molar-refractivity contribution in [3.8, 4) is 17.9 Å². The number of likely N-dealkylation sites (N-methyl/N-ethyl adjacent to an activating group) is 2. The van der Waals surface area contributed by atoms with Crippen LogP contribution in [-0.2, 0) is 0 Å². The number of nitriles is 2. The van der Waals surface area contributed by atoms with Crippen LogP contribution in [-0.4, -0.2) is 44.2 Å². The SMILES string of the molecule is CCN1C[C@H](CN(C)C[C@@H](C#N)CCC#N)Oc2ccccc21. The first kappa shape index (κ1) is 17.1. The van der Waals surface area contributed by atoms with Gasteiger partial charge in [-0.25, -0.2) is 0 Å². The quantitative estimate of drug-likeness (QED) is 0.774. The summed E-state index contributed by atoms with van der Waals surface area (Å²) in [6, 6.07) is 12.5. The molecule has 5 heteroatoms. The van der Waals surface area contributed by atoms with Crippen molar-refractivity contribution in [1.82, 2.24) is 4.90 Å². The van der Waals surface area contributed by atoms with Crippen molar-refractivity contribution in [2.24, 2.45) is 5.92 Å². The van der Waals surface area contributed by atoms with Gasteiger partial charge >= 0.3 is 0 Å². The van der Waals surface area contributed by atoms with E-state index in [1.807, 2.05) is 25.2 Å². The summed E-state index contributed by atoms with van der Waals surface area (Å²) in [4.78, 5) is 4.46. The maximum absolute atomic E-state index is 9.19. The van der Waals surface area contributed by atoms with Gasteiger partial charge in [0.15, 0.2) is 0 Å². The molecule has 0 radical (unpaired) electrons. The lowest BCUT2D eigenvalue weighted by atomic mass is 10.0. The van der Waals surface area contributed by atoms with Crippen molar-refractivity contribution in [2.75, 3.05) is 38.1 Å². The van der Waals surface area contributed by atoms with Gasteiger partial charge in [0, 0.05) is 26.1 Å². The minimum atomic E-state index is -0.0993.